The lowest BCUT2D eigenvalue weighted by Gasteiger charge is -2.10. The summed E-state index contributed by atoms with van der Waals surface area (Å²) in [6.07, 6.45) is 0. The second-order valence-corrected chi connectivity index (χ2v) is 3.58. The van der Waals surface area contributed by atoms with E-state index < -0.39 is 0 Å². The number of thiol groups is 1. The summed E-state index contributed by atoms with van der Waals surface area (Å²) in [6, 6.07) is 8.04. The molecule has 1 aromatic carbocycles. The van der Waals surface area contributed by atoms with Gasteiger partial charge in [0, 0.05) is 4.47 Å². The summed E-state index contributed by atoms with van der Waals surface area (Å²) in [5.74, 6) is 0. The third-order valence-corrected chi connectivity index (χ3v) is 2.73. The Labute approximate surface area is 80.7 Å². The van der Waals surface area contributed by atoms with Crippen molar-refractivity contribution in [3.05, 3.63) is 34.3 Å². The van der Waals surface area contributed by atoms with Crippen molar-refractivity contribution in [3.8, 4) is 0 Å². The maximum atomic E-state index is 4.35. The molecular weight excluding hydrogens is 222 g/mol. The highest BCUT2D eigenvalue weighted by Gasteiger charge is 2.05. The highest BCUT2D eigenvalue weighted by molar-refractivity contribution is 9.10. The molecule has 1 nitrogen and oxygen atoms in total. The fourth-order valence-electron chi connectivity index (χ4n) is 0.852. The Kier molecular flexibility index (Phi) is 3.43. The van der Waals surface area contributed by atoms with Gasteiger partial charge in [-0.1, -0.05) is 34.1 Å². The van der Waals surface area contributed by atoms with Gasteiger partial charge in [-0.3, -0.25) is 0 Å². The van der Waals surface area contributed by atoms with E-state index in [1.165, 1.54) is 5.56 Å². The summed E-state index contributed by atoms with van der Waals surface area (Å²) in [7, 11) is 1.89. The van der Waals surface area contributed by atoms with Crippen LogP contribution in [0.15, 0.2) is 28.7 Å². The van der Waals surface area contributed by atoms with Crippen LogP contribution in [0.3, 0.4) is 0 Å². The minimum Gasteiger partial charge on any atom is -0.305 e. The highest BCUT2D eigenvalue weighted by atomic mass is 79.9. The Morgan fingerprint density at radius 2 is 2.09 bits per heavy atom. The zero-order valence-electron chi connectivity index (χ0n) is 6.21. The molecule has 0 radical (unpaired) electrons. The van der Waals surface area contributed by atoms with E-state index in [2.05, 4.69) is 33.9 Å². The first-order valence-corrected chi connectivity index (χ1v) is 4.66. The average molecular weight is 232 g/mol. The monoisotopic (exact) mass is 231 g/mol. The smallest absolute Gasteiger partial charge is 0.0768 e. The molecule has 1 aromatic rings. The van der Waals surface area contributed by atoms with Crippen molar-refractivity contribution in [1.82, 2.24) is 5.32 Å². The number of nitrogens with one attached hydrogen (secondary N) is 1. The molecule has 0 aromatic heterocycles. The van der Waals surface area contributed by atoms with Gasteiger partial charge in [0.1, 0.15) is 0 Å². The van der Waals surface area contributed by atoms with Crippen LogP contribution in [0.1, 0.15) is 10.9 Å². The van der Waals surface area contributed by atoms with Crippen molar-refractivity contribution < 1.29 is 0 Å². The Bertz CT molecular complexity index is 239. The van der Waals surface area contributed by atoms with E-state index in [4.69, 9.17) is 0 Å². The van der Waals surface area contributed by atoms with E-state index in [0.29, 0.717) is 0 Å². The van der Waals surface area contributed by atoms with Crippen molar-refractivity contribution in [1.29, 1.82) is 0 Å². The molecule has 11 heavy (non-hydrogen) atoms. The molecule has 0 aliphatic rings. The number of rotatable bonds is 2. The maximum absolute atomic E-state index is 4.35. The predicted molar refractivity (Wildman–Crippen MR) is 54.9 cm³/mol. The van der Waals surface area contributed by atoms with E-state index in [0.717, 1.165) is 4.47 Å². The molecule has 0 saturated carbocycles. The van der Waals surface area contributed by atoms with Crippen molar-refractivity contribution in [2.24, 2.45) is 0 Å². The number of hydrogen-bond donors (Lipinski definition) is 2. The first-order chi connectivity index (χ1) is 5.25. The molecule has 0 aliphatic heterocycles. The quantitative estimate of drug-likeness (QED) is 0.590. The van der Waals surface area contributed by atoms with Crippen LogP contribution in [0.4, 0.5) is 0 Å². The summed E-state index contributed by atoms with van der Waals surface area (Å²) in [6.45, 7) is 0. The van der Waals surface area contributed by atoms with Crippen LogP contribution in [-0.4, -0.2) is 7.05 Å². The summed E-state index contributed by atoms with van der Waals surface area (Å²) >= 11 is 7.80. The molecule has 60 valence electrons. The SMILES string of the molecule is CNC(S)c1ccccc1Br. The molecule has 0 amide bonds. The van der Waals surface area contributed by atoms with Crippen LogP contribution in [0.5, 0.6) is 0 Å². The molecular formula is C8H10BrNS. The second-order valence-electron chi connectivity index (χ2n) is 2.21. The Hall–Kier alpha value is 0.01000. The van der Waals surface area contributed by atoms with Gasteiger partial charge in [-0.05, 0) is 18.7 Å². The largest absolute Gasteiger partial charge is 0.305 e. The normalized spacial score (nSPS) is 13.0. The highest BCUT2D eigenvalue weighted by Crippen LogP contribution is 2.24. The average Bonchev–Trinajstić information content (AvgIpc) is 2.04. The fraction of sp³-hybridized carbons (Fsp3) is 0.250. The molecule has 0 bridgehead atoms. The zero-order valence-corrected chi connectivity index (χ0v) is 8.69. The predicted octanol–water partition coefficient (Wildman–Crippen LogP) is 2.60. The minimum absolute atomic E-state index is 0.102. The van der Waals surface area contributed by atoms with E-state index in [9.17, 15) is 0 Å². The van der Waals surface area contributed by atoms with Gasteiger partial charge in [0.15, 0.2) is 0 Å². The topological polar surface area (TPSA) is 12.0 Å². The third kappa shape index (κ3) is 2.22. The van der Waals surface area contributed by atoms with Gasteiger partial charge in [0.2, 0.25) is 0 Å². The van der Waals surface area contributed by atoms with Crippen LogP contribution < -0.4 is 5.32 Å². The van der Waals surface area contributed by atoms with Gasteiger partial charge in [-0.15, -0.1) is 0 Å². The van der Waals surface area contributed by atoms with Crippen molar-refractivity contribution in [2.75, 3.05) is 7.05 Å². The van der Waals surface area contributed by atoms with Gasteiger partial charge in [-0.2, -0.15) is 12.6 Å². The summed E-state index contributed by atoms with van der Waals surface area (Å²) < 4.78 is 1.09. The first-order valence-electron chi connectivity index (χ1n) is 3.35. The minimum atomic E-state index is 0.102. The van der Waals surface area contributed by atoms with E-state index in [-0.39, 0.29) is 5.37 Å². The van der Waals surface area contributed by atoms with Gasteiger partial charge in [0.25, 0.3) is 0 Å². The lowest BCUT2D eigenvalue weighted by Crippen LogP contribution is -2.10. The first kappa shape index (κ1) is 9.10. The molecule has 1 unspecified atom stereocenters. The van der Waals surface area contributed by atoms with Crippen LogP contribution in [0.2, 0.25) is 0 Å². The molecule has 1 rings (SSSR count). The molecule has 0 spiro atoms. The number of halogens is 1. The molecule has 0 heterocycles. The van der Waals surface area contributed by atoms with Gasteiger partial charge in [0.05, 0.1) is 5.37 Å². The Balaban J connectivity index is 2.93. The molecule has 1 N–H and O–H groups in total. The Morgan fingerprint density at radius 3 is 2.64 bits per heavy atom. The molecule has 3 heteroatoms. The van der Waals surface area contributed by atoms with Crippen LogP contribution in [-0.2, 0) is 0 Å². The Morgan fingerprint density at radius 1 is 1.45 bits per heavy atom. The van der Waals surface area contributed by atoms with Crippen LogP contribution >= 0.6 is 28.6 Å². The van der Waals surface area contributed by atoms with E-state index in [1.54, 1.807) is 0 Å². The van der Waals surface area contributed by atoms with E-state index in [1.807, 2.05) is 31.3 Å². The van der Waals surface area contributed by atoms with Crippen molar-refractivity contribution >= 4 is 28.6 Å². The lowest BCUT2D eigenvalue weighted by atomic mass is 10.2. The summed E-state index contributed by atoms with van der Waals surface area (Å²) in [5.41, 5.74) is 1.17. The second kappa shape index (κ2) is 4.14. The molecule has 0 saturated heterocycles. The lowest BCUT2D eigenvalue weighted by molar-refractivity contribution is 0.797. The molecule has 0 fully saturated rings. The zero-order chi connectivity index (χ0) is 8.27. The van der Waals surface area contributed by atoms with Gasteiger partial charge in [-0.25, -0.2) is 0 Å². The fourth-order valence-corrected chi connectivity index (χ4v) is 1.77. The third-order valence-electron chi connectivity index (χ3n) is 1.47. The van der Waals surface area contributed by atoms with Crippen LogP contribution in [0, 0.1) is 0 Å². The number of benzene rings is 1. The molecule has 1 atom stereocenters. The van der Waals surface area contributed by atoms with Crippen molar-refractivity contribution in [2.45, 2.75) is 5.37 Å². The summed E-state index contributed by atoms with van der Waals surface area (Å²) in [4.78, 5) is 0. The standard InChI is InChI=1S/C8H10BrNS/c1-10-8(11)6-4-2-3-5-7(6)9/h2-5,8,10-11H,1H3. The van der Waals surface area contributed by atoms with Crippen molar-refractivity contribution in [3.63, 3.8) is 0 Å². The van der Waals surface area contributed by atoms with Gasteiger partial charge >= 0.3 is 0 Å². The maximum Gasteiger partial charge on any atom is 0.0768 e. The van der Waals surface area contributed by atoms with Crippen LogP contribution in [0.25, 0.3) is 0 Å². The summed E-state index contributed by atoms with van der Waals surface area (Å²) in [5, 5.41) is 3.16. The van der Waals surface area contributed by atoms with Gasteiger partial charge < -0.3 is 5.32 Å². The number of hydrogen-bond acceptors (Lipinski definition) is 2. The van der Waals surface area contributed by atoms with E-state index >= 15 is 0 Å². The molecule has 0 aliphatic carbocycles.